The maximum atomic E-state index is 10.8. The predicted octanol–water partition coefficient (Wildman–Crippen LogP) is 1.89. The molecule has 0 aliphatic heterocycles. The van der Waals surface area contributed by atoms with Gasteiger partial charge in [0.1, 0.15) is 11.5 Å². The second-order valence-corrected chi connectivity index (χ2v) is 3.41. The largest absolute Gasteiger partial charge is 0.493 e. The smallest absolute Gasteiger partial charge is 0.308 e. The van der Waals surface area contributed by atoms with Gasteiger partial charge in [-0.3, -0.25) is 4.79 Å². The fraction of sp³-hybridized carbons (Fsp3) is 0.417. The van der Waals surface area contributed by atoms with E-state index in [-0.39, 0.29) is 6.61 Å². The molecule has 0 aromatic heterocycles. The Kier molecular flexibility index (Phi) is 4.79. The zero-order valence-corrected chi connectivity index (χ0v) is 9.53. The van der Waals surface area contributed by atoms with Crippen LogP contribution in [-0.4, -0.2) is 17.7 Å². The van der Waals surface area contributed by atoms with Crippen molar-refractivity contribution in [3.05, 3.63) is 23.8 Å². The molecule has 0 fully saturated rings. The number of hydrogen-bond acceptors (Lipinski definition) is 4. The minimum Gasteiger partial charge on any atom is -0.493 e. The molecule has 0 amide bonds. The molecule has 0 unspecified atom stereocenters. The number of esters is 1. The first-order valence-corrected chi connectivity index (χ1v) is 5.21. The van der Waals surface area contributed by atoms with Crippen LogP contribution in [0.25, 0.3) is 0 Å². The first-order valence-electron chi connectivity index (χ1n) is 5.21. The number of ether oxygens (including phenoxy) is 2. The Morgan fingerprint density at radius 2 is 2.00 bits per heavy atom. The van der Waals surface area contributed by atoms with Crippen LogP contribution in [-0.2, 0) is 11.4 Å². The van der Waals surface area contributed by atoms with Crippen LogP contribution in [0.3, 0.4) is 0 Å². The van der Waals surface area contributed by atoms with Gasteiger partial charge >= 0.3 is 5.97 Å². The van der Waals surface area contributed by atoms with Crippen molar-refractivity contribution in [1.82, 2.24) is 0 Å². The third-order valence-corrected chi connectivity index (χ3v) is 1.86. The van der Waals surface area contributed by atoms with E-state index >= 15 is 0 Å². The Labute approximate surface area is 94.8 Å². The fourth-order valence-corrected chi connectivity index (χ4v) is 1.25. The molecule has 4 heteroatoms. The number of hydrogen-bond donors (Lipinski definition) is 1. The van der Waals surface area contributed by atoms with E-state index in [4.69, 9.17) is 14.6 Å². The molecular weight excluding hydrogens is 208 g/mol. The van der Waals surface area contributed by atoms with E-state index in [1.807, 2.05) is 6.92 Å². The number of aliphatic hydroxyl groups excluding tert-OH is 1. The molecule has 0 atom stereocenters. The summed E-state index contributed by atoms with van der Waals surface area (Å²) in [7, 11) is 0. The molecule has 0 heterocycles. The van der Waals surface area contributed by atoms with Gasteiger partial charge in [-0.05, 0) is 24.1 Å². The lowest BCUT2D eigenvalue weighted by molar-refractivity contribution is -0.131. The van der Waals surface area contributed by atoms with Crippen molar-refractivity contribution in [2.75, 3.05) is 6.61 Å². The van der Waals surface area contributed by atoms with Crippen LogP contribution in [0.4, 0.5) is 0 Å². The highest BCUT2D eigenvalue weighted by molar-refractivity contribution is 5.69. The Bertz CT molecular complexity index is 360. The monoisotopic (exact) mass is 224 g/mol. The Morgan fingerprint density at radius 3 is 2.56 bits per heavy atom. The Morgan fingerprint density at radius 1 is 1.31 bits per heavy atom. The SMILES string of the molecule is CCCOc1cc(CO)cc(OC(C)=O)c1. The predicted molar refractivity (Wildman–Crippen MR) is 59.5 cm³/mol. The summed E-state index contributed by atoms with van der Waals surface area (Å²) >= 11 is 0. The van der Waals surface area contributed by atoms with Crippen molar-refractivity contribution in [2.45, 2.75) is 26.9 Å². The number of benzene rings is 1. The van der Waals surface area contributed by atoms with Crippen molar-refractivity contribution >= 4 is 5.97 Å². The lowest BCUT2D eigenvalue weighted by atomic mass is 10.2. The Balaban J connectivity index is 2.86. The third kappa shape index (κ3) is 3.90. The van der Waals surface area contributed by atoms with Gasteiger partial charge in [-0.15, -0.1) is 0 Å². The van der Waals surface area contributed by atoms with Crippen molar-refractivity contribution in [3.63, 3.8) is 0 Å². The average Bonchev–Trinajstić information content (AvgIpc) is 2.25. The van der Waals surface area contributed by atoms with Crippen molar-refractivity contribution in [3.8, 4) is 11.5 Å². The first-order chi connectivity index (χ1) is 7.65. The topological polar surface area (TPSA) is 55.8 Å². The molecule has 88 valence electrons. The molecule has 0 bridgehead atoms. The summed E-state index contributed by atoms with van der Waals surface area (Å²) in [5, 5.41) is 9.05. The van der Waals surface area contributed by atoms with Crippen LogP contribution < -0.4 is 9.47 Å². The fourth-order valence-electron chi connectivity index (χ4n) is 1.25. The highest BCUT2D eigenvalue weighted by atomic mass is 16.5. The molecule has 0 saturated carbocycles. The lowest BCUT2D eigenvalue weighted by Gasteiger charge is -2.09. The zero-order chi connectivity index (χ0) is 12.0. The minimum atomic E-state index is -0.392. The molecule has 0 spiro atoms. The second-order valence-electron chi connectivity index (χ2n) is 3.41. The molecule has 1 rings (SSSR count). The molecule has 0 radical (unpaired) electrons. The minimum absolute atomic E-state index is 0.114. The van der Waals surface area contributed by atoms with Gasteiger partial charge in [-0.25, -0.2) is 0 Å². The summed E-state index contributed by atoms with van der Waals surface area (Å²) in [6, 6.07) is 4.97. The van der Waals surface area contributed by atoms with E-state index in [2.05, 4.69) is 0 Å². The molecule has 0 saturated heterocycles. The standard InChI is InChI=1S/C12H16O4/c1-3-4-15-11-5-10(8-13)6-12(7-11)16-9(2)14/h5-7,13H,3-4,8H2,1-2H3. The molecule has 16 heavy (non-hydrogen) atoms. The zero-order valence-electron chi connectivity index (χ0n) is 9.53. The molecule has 1 aromatic rings. The van der Waals surface area contributed by atoms with Gasteiger partial charge < -0.3 is 14.6 Å². The highest BCUT2D eigenvalue weighted by Crippen LogP contribution is 2.23. The normalized spacial score (nSPS) is 9.94. The van der Waals surface area contributed by atoms with Crippen LogP contribution in [0, 0.1) is 0 Å². The summed E-state index contributed by atoms with van der Waals surface area (Å²) in [6.07, 6.45) is 0.895. The van der Waals surface area contributed by atoms with Gasteiger partial charge in [0.05, 0.1) is 13.2 Å². The van der Waals surface area contributed by atoms with Gasteiger partial charge in [-0.2, -0.15) is 0 Å². The van der Waals surface area contributed by atoms with Crippen LogP contribution in [0.15, 0.2) is 18.2 Å². The third-order valence-electron chi connectivity index (χ3n) is 1.86. The molecule has 1 N–H and O–H groups in total. The van der Waals surface area contributed by atoms with E-state index in [1.165, 1.54) is 6.92 Å². The van der Waals surface area contributed by atoms with E-state index in [9.17, 15) is 4.79 Å². The number of carbonyl (C=O) groups is 1. The lowest BCUT2D eigenvalue weighted by Crippen LogP contribution is -2.03. The summed E-state index contributed by atoms with van der Waals surface area (Å²) in [5.41, 5.74) is 0.657. The first kappa shape index (κ1) is 12.5. The second kappa shape index (κ2) is 6.12. The van der Waals surface area contributed by atoms with Crippen molar-refractivity contribution in [2.24, 2.45) is 0 Å². The highest BCUT2D eigenvalue weighted by Gasteiger charge is 2.04. The molecule has 0 aliphatic rings. The summed E-state index contributed by atoms with van der Waals surface area (Å²) < 4.78 is 10.4. The van der Waals surface area contributed by atoms with Crippen molar-refractivity contribution < 1.29 is 19.4 Å². The van der Waals surface area contributed by atoms with E-state index < -0.39 is 5.97 Å². The van der Waals surface area contributed by atoms with E-state index in [0.29, 0.717) is 23.7 Å². The maximum absolute atomic E-state index is 10.8. The van der Waals surface area contributed by atoms with Gasteiger partial charge in [0, 0.05) is 13.0 Å². The van der Waals surface area contributed by atoms with Crippen LogP contribution in [0.1, 0.15) is 25.8 Å². The van der Waals surface area contributed by atoms with Crippen LogP contribution >= 0.6 is 0 Å². The van der Waals surface area contributed by atoms with E-state index in [0.717, 1.165) is 6.42 Å². The van der Waals surface area contributed by atoms with Gasteiger partial charge in [-0.1, -0.05) is 6.92 Å². The number of carbonyl (C=O) groups excluding carboxylic acids is 1. The molecule has 4 nitrogen and oxygen atoms in total. The number of aliphatic hydroxyl groups is 1. The number of rotatable bonds is 5. The van der Waals surface area contributed by atoms with Crippen LogP contribution in [0.2, 0.25) is 0 Å². The van der Waals surface area contributed by atoms with Gasteiger partial charge in [0.2, 0.25) is 0 Å². The molecule has 1 aromatic carbocycles. The summed E-state index contributed by atoms with van der Waals surface area (Å²) in [4.78, 5) is 10.8. The quantitative estimate of drug-likeness (QED) is 0.613. The Hall–Kier alpha value is -1.55. The van der Waals surface area contributed by atoms with Gasteiger partial charge in [0.25, 0.3) is 0 Å². The van der Waals surface area contributed by atoms with Gasteiger partial charge in [0.15, 0.2) is 0 Å². The van der Waals surface area contributed by atoms with E-state index in [1.54, 1.807) is 18.2 Å². The van der Waals surface area contributed by atoms with Crippen LogP contribution in [0.5, 0.6) is 11.5 Å². The summed E-state index contributed by atoms with van der Waals surface area (Å²) in [6.45, 7) is 3.81. The molecular formula is C12H16O4. The average molecular weight is 224 g/mol. The molecule has 0 aliphatic carbocycles. The summed E-state index contributed by atoms with van der Waals surface area (Å²) in [5.74, 6) is 0.603. The maximum Gasteiger partial charge on any atom is 0.308 e. The van der Waals surface area contributed by atoms with Crippen molar-refractivity contribution in [1.29, 1.82) is 0 Å².